The van der Waals surface area contributed by atoms with Crippen molar-refractivity contribution >= 4 is 17.4 Å². The number of nitrogens with zero attached hydrogens (tertiary/aromatic N) is 2. The molecule has 0 N–H and O–H groups in total. The van der Waals surface area contributed by atoms with Crippen LogP contribution in [-0.2, 0) is 23.3 Å². The predicted octanol–water partition coefficient (Wildman–Crippen LogP) is 8.74. The Kier molecular flexibility index (Phi) is 6.56. The molecule has 5 rings (SSSR count). The van der Waals surface area contributed by atoms with Crippen LogP contribution in [0.1, 0.15) is 58.4 Å². The van der Waals surface area contributed by atoms with E-state index < -0.39 is 65.1 Å². The molecule has 3 atom stereocenters. The van der Waals surface area contributed by atoms with Crippen LogP contribution in [0.4, 0.5) is 44.3 Å². The molecule has 0 saturated carbocycles. The van der Waals surface area contributed by atoms with Crippen LogP contribution in [0.15, 0.2) is 47.2 Å². The smallest absolute Gasteiger partial charge is 0.416 e. The molecule has 1 aromatic heterocycles. The van der Waals surface area contributed by atoms with Gasteiger partial charge in [0, 0.05) is 10.9 Å². The molecular formula is C26H15F9N2O2S. The first-order chi connectivity index (χ1) is 18.6. The lowest BCUT2D eigenvalue weighted by Gasteiger charge is -2.26. The van der Waals surface area contributed by atoms with Crippen LogP contribution < -0.4 is 0 Å². The van der Waals surface area contributed by atoms with Gasteiger partial charge in [0.1, 0.15) is 12.2 Å². The number of carbonyl (C=O) groups excluding carboxylic acids is 1. The lowest BCUT2D eigenvalue weighted by molar-refractivity contribution is -0.143. The molecule has 14 heteroatoms. The molecule has 40 heavy (non-hydrogen) atoms. The second-order valence-corrected chi connectivity index (χ2v) is 10.1. The molecule has 2 aliphatic rings. The fourth-order valence-corrected chi connectivity index (χ4v) is 6.01. The topological polar surface area (TPSA) is 53.3 Å². The third-order valence-corrected chi connectivity index (χ3v) is 7.71. The molecule has 2 aliphatic heterocycles. The number of cyclic esters (lactones) is 1. The number of hydrogen-bond acceptors (Lipinski definition) is 4. The molecule has 0 spiro atoms. The summed E-state index contributed by atoms with van der Waals surface area (Å²) in [6.45, 7) is 0. The van der Waals surface area contributed by atoms with Crippen LogP contribution in [0.3, 0.4) is 0 Å². The summed E-state index contributed by atoms with van der Waals surface area (Å²) in [6.07, 6.45) is -17.5. The van der Waals surface area contributed by atoms with E-state index in [1.807, 2.05) is 6.07 Å². The minimum atomic E-state index is -5.12. The van der Waals surface area contributed by atoms with Crippen molar-refractivity contribution in [3.63, 3.8) is 0 Å². The molecule has 4 nitrogen and oxygen atoms in total. The van der Waals surface area contributed by atoms with E-state index in [0.717, 1.165) is 28.4 Å². The van der Waals surface area contributed by atoms with Crippen LogP contribution in [0.25, 0.3) is 11.1 Å². The van der Waals surface area contributed by atoms with E-state index in [1.165, 1.54) is 11.4 Å². The quantitative estimate of drug-likeness (QED) is 0.287. The minimum Gasteiger partial charge on any atom is -0.439 e. The van der Waals surface area contributed by atoms with Crippen molar-refractivity contribution in [1.82, 2.24) is 4.90 Å². The van der Waals surface area contributed by atoms with Crippen molar-refractivity contribution in [2.75, 3.05) is 0 Å². The van der Waals surface area contributed by atoms with Crippen LogP contribution in [0.2, 0.25) is 0 Å². The normalized spacial score (nSPS) is 21.4. The van der Waals surface area contributed by atoms with E-state index in [2.05, 4.69) is 0 Å². The summed E-state index contributed by atoms with van der Waals surface area (Å²) in [7, 11) is 0. The van der Waals surface area contributed by atoms with Crippen LogP contribution in [-0.4, -0.2) is 17.0 Å². The first-order valence-electron chi connectivity index (χ1n) is 11.6. The van der Waals surface area contributed by atoms with E-state index in [4.69, 9.17) is 4.74 Å². The summed E-state index contributed by atoms with van der Waals surface area (Å²) in [5, 5.41) is 12.5. The van der Waals surface area contributed by atoms with Crippen LogP contribution >= 0.6 is 11.3 Å². The summed E-state index contributed by atoms with van der Waals surface area (Å²) in [6, 6.07) is 3.63. The standard InChI is InChI=1S/C26H15F9N2O2S/c27-24(28,29)14-1-2-17(19-11-40-10-13(19)9-36)18(8-14)20-3-4-21-22(39-23(38)37(20)21)12-5-15(25(30,31)32)7-16(6-12)26(33,34)35/h1-2,5-8,10-11,20-22H,3-4H2/t20-,21-,22+/m0/s1. The summed E-state index contributed by atoms with van der Waals surface area (Å²) >= 11 is 1.14. The second-order valence-electron chi connectivity index (χ2n) is 9.32. The van der Waals surface area contributed by atoms with Gasteiger partial charge in [0.15, 0.2) is 0 Å². The highest BCUT2D eigenvalue weighted by Crippen LogP contribution is 2.51. The molecule has 0 aliphatic carbocycles. The third-order valence-electron chi connectivity index (χ3n) is 6.97. The highest BCUT2D eigenvalue weighted by atomic mass is 32.1. The first-order valence-corrected chi connectivity index (χ1v) is 12.5. The third kappa shape index (κ3) is 4.87. The molecule has 0 unspecified atom stereocenters. The Morgan fingerprint density at radius 2 is 1.45 bits per heavy atom. The Hall–Kier alpha value is -3.73. The lowest BCUT2D eigenvalue weighted by atomic mass is 9.91. The van der Waals surface area contributed by atoms with E-state index in [-0.39, 0.29) is 35.6 Å². The van der Waals surface area contributed by atoms with Crippen molar-refractivity contribution in [3.05, 3.63) is 80.5 Å². The molecule has 3 heterocycles. The van der Waals surface area contributed by atoms with Gasteiger partial charge in [-0.3, -0.25) is 4.90 Å². The number of nitriles is 1. The van der Waals surface area contributed by atoms with Crippen molar-refractivity contribution in [3.8, 4) is 17.2 Å². The largest absolute Gasteiger partial charge is 0.439 e. The molecule has 2 saturated heterocycles. The van der Waals surface area contributed by atoms with E-state index in [9.17, 15) is 49.6 Å². The van der Waals surface area contributed by atoms with Crippen molar-refractivity contribution < 1.29 is 49.0 Å². The number of amides is 1. The maximum Gasteiger partial charge on any atom is 0.416 e. The molecule has 0 radical (unpaired) electrons. The number of benzene rings is 2. The van der Waals surface area contributed by atoms with Gasteiger partial charge in [0.05, 0.1) is 34.3 Å². The summed E-state index contributed by atoms with van der Waals surface area (Å²) in [5.41, 5.74) is -3.93. The van der Waals surface area contributed by atoms with Gasteiger partial charge in [-0.1, -0.05) is 6.07 Å². The molecule has 210 valence electrons. The fourth-order valence-electron chi connectivity index (χ4n) is 5.24. The highest BCUT2D eigenvalue weighted by Gasteiger charge is 2.52. The van der Waals surface area contributed by atoms with Gasteiger partial charge >= 0.3 is 24.6 Å². The number of halogens is 9. The zero-order chi connectivity index (χ0) is 29.2. The Balaban J connectivity index is 1.59. The Labute approximate surface area is 224 Å². The van der Waals surface area contributed by atoms with Crippen LogP contribution in [0.5, 0.6) is 0 Å². The summed E-state index contributed by atoms with van der Waals surface area (Å²) in [4.78, 5) is 14.0. The predicted molar refractivity (Wildman–Crippen MR) is 123 cm³/mol. The minimum absolute atomic E-state index is 0.0309. The molecule has 3 aromatic rings. The molecular weight excluding hydrogens is 575 g/mol. The summed E-state index contributed by atoms with van der Waals surface area (Å²) in [5.74, 6) is 0. The van der Waals surface area contributed by atoms with Crippen molar-refractivity contribution in [2.24, 2.45) is 0 Å². The van der Waals surface area contributed by atoms with Gasteiger partial charge in [0.25, 0.3) is 0 Å². The zero-order valence-corrected chi connectivity index (χ0v) is 20.6. The average molecular weight is 590 g/mol. The van der Waals surface area contributed by atoms with Crippen molar-refractivity contribution in [1.29, 1.82) is 5.26 Å². The number of rotatable bonds is 3. The number of alkyl halides is 9. The molecule has 1 amide bonds. The van der Waals surface area contributed by atoms with Crippen LogP contribution in [0, 0.1) is 11.3 Å². The number of ether oxygens (including phenoxy) is 1. The highest BCUT2D eigenvalue weighted by molar-refractivity contribution is 7.08. The number of thiophene rings is 1. The zero-order valence-electron chi connectivity index (χ0n) is 19.8. The van der Waals surface area contributed by atoms with Gasteiger partial charge < -0.3 is 4.74 Å². The van der Waals surface area contributed by atoms with Crippen molar-refractivity contribution in [2.45, 2.75) is 49.6 Å². The first kappa shape index (κ1) is 27.8. The molecule has 2 aromatic carbocycles. The molecule has 0 bridgehead atoms. The Bertz CT molecular complexity index is 1490. The number of fused-ring (bicyclic) bond motifs is 1. The van der Waals surface area contributed by atoms with Gasteiger partial charge in [0.2, 0.25) is 0 Å². The van der Waals surface area contributed by atoms with E-state index >= 15 is 0 Å². The number of carbonyl (C=O) groups is 1. The Morgan fingerprint density at radius 1 is 0.825 bits per heavy atom. The monoisotopic (exact) mass is 590 g/mol. The lowest BCUT2D eigenvalue weighted by Crippen LogP contribution is -2.31. The van der Waals surface area contributed by atoms with Gasteiger partial charge in [-0.2, -0.15) is 56.1 Å². The molecule has 2 fully saturated rings. The SMILES string of the molecule is N#Cc1cscc1-c1ccc(C(F)(F)F)cc1[C@@H]1CC[C@H]2[C@@H](c3cc(C(F)(F)F)cc(C(F)(F)F)c3)OC(=O)N12. The fraction of sp³-hybridized carbons (Fsp3) is 0.308. The maximum absolute atomic E-state index is 13.6. The number of hydrogen-bond donors (Lipinski definition) is 0. The van der Waals surface area contributed by atoms with Gasteiger partial charge in [-0.15, -0.1) is 0 Å². The van der Waals surface area contributed by atoms with Gasteiger partial charge in [-0.25, -0.2) is 4.79 Å². The average Bonchev–Trinajstić information content (AvgIpc) is 3.58. The van der Waals surface area contributed by atoms with E-state index in [0.29, 0.717) is 17.7 Å². The van der Waals surface area contributed by atoms with Gasteiger partial charge in [-0.05, 0) is 65.2 Å². The Morgan fingerprint density at radius 3 is 2.02 bits per heavy atom. The maximum atomic E-state index is 13.6. The summed E-state index contributed by atoms with van der Waals surface area (Å²) < 4.78 is 127. The van der Waals surface area contributed by atoms with E-state index in [1.54, 1.807) is 5.38 Å². The second kappa shape index (κ2) is 9.43.